The van der Waals surface area contributed by atoms with Gasteiger partial charge in [-0.15, -0.1) is 0 Å². The van der Waals surface area contributed by atoms with E-state index in [1.165, 1.54) is 0 Å². The molecule has 0 saturated heterocycles. The monoisotopic (exact) mass is 375 g/mol. The number of aliphatic hydroxyl groups excluding tert-OH is 1. The van der Waals surface area contributed by atoms with Crippen molar-refractivity contribution < 1.29 is 25.2 Å². The van der Waals surface area contributed by atoms with Gasteiger partial charge in [-0.2, -0.15) is 0 Å². The highest BCUT2D eigenvalue weighted by molar-refractivity contribution is 5.68. The van der Waals surface area contributed by atoms with Crippen molar-refractivity contribution in [2.75, 3.05) is 13.1 Å². The lowest BCUT2D eigenvalue weighted by Crippen LogP contribution is -2.22. The van der Waals surface area contributed by atoms with Gasteiger partial charge in [0.1, 0.15) is 11.5 Å². The normalized spacial score (nSPS) is 11.6. The molecule has 2 aromatic carbocycles. The van der Waals surface area contributed by atoms with Crippen molar-refractivity contribution in [2.24, 2.45) is 5.92 Å². The van der Waals surface area contributed by atoms with E-state index in [9.17, 15) is 20.1 Å². The number of aryl methyl sites for hydroxylation is 1. The van der Waals surface area contributed by atoms with Gasteiger partial charge in [-0.3, -0.25) is 4.79 Å². The molecule has 0 aliphatic rings. The summed E-state index contributed by atoms with van der Waals surface area (Å²) < 4.78 is 0. The van der Waals surface area contributed by atoms with Gasteiger partial charge < -0.3 is 25.7 Å². The minimum atomic E-state index is -0.741. The number of benzene rings is 2. The Balaban J connectivity index is 0.000000527. The van der Waals surface area contributed by atoms with E-state index in [2.05, 4.69) is 5.32 Å². The summed E-state index contributed by atoms with van der Waals surface area (Å²) in [5, 5.41) is 39.8. The fraction of sp³-hybridized carbons (Fsp3) is 0.381. The number of aromatic hydroxyl groups is 2. The molecule has 0 heterocycles. The third-order valence-electron chi connectivity index (χ3n) is 3.84. The minimum absolute atomic E-state index is 0.199. The summed E-state index contributed by atoms with van der Waals surface area (Å²) in [5.74, 6) is -0.478. The number of nitrogens with one attached hydrogen (secondary N) is 1. The molecule has 0 bridgehead atoms. The summed E-state index contributed by atoms with van der Waals surface area (Å²) in [5.41, 5.74) is 1.89. The number of carboxylic acids is 1. The summed E-state index contributed by atoms with van der Waals surface area (Å²) >= 11 is 0. The van der Waals surface area contributed by atoms with Gasteiger partial charge in [0.25, 0.3) is 0 Å². The molecule has 0 spiro atoms. The summed E-state index contributed by atoms with van der Waals surface area (Å²) in [4.78, 5) is 9.70. The minimum Gasteiger partial charge on any atom is -0.508 e. The van der Waals surface area contributed by atoms with Crippen molar-refractivity contribution in [3.8, 4) is 11.5 Å². The maximum Gasteiger partial charge on any atom is 0.305 e. The van der Waals surface area contributed by atoms with Crippen LogP contribution in [0.25, 0.3) is 0 Å². The lowest BCUT2D eigenvalue weighted by Gasteiger charge is -2.12. The number of hydrogen-bond acceptors (Lipinski definition) is 5. The molecule has 5 N–H and O–H groups in total. The van der Waals surface area contributed by atoms with Gasteiger partial charge in [0, 0.05) is 6.54 Å². The van der Waals surface area contributed by atoms with E-state index in [-0.39, 0.29) is 11.7 Å². The zero-order valence-electron chi connectivity index (χ0n) is 15.8. The second kappa shape index (κ2) is 11.9. The second-order valence-corrected chi connectivity index (χ2v) is 6.58. The molecule has 0 fully saturated rings. The van der Waals surface area contributed by atoms with Gasteiger partial charge in [-0.05, 0) is 54.8 Å². The fourth-order valence-corrected chi connectivity index (χ4v) is 2.18. The van der Waals surface area contributed by atoms with Crippen LogP contribution in [0.1, 0.15) is 37.5 Å². The molecule has 1 atom stereocenters. The first-order valence-corrected chi connectivity index (χ1v) is 8.98. The van der Waals surface area contributed by atoms with E-state index < -0.39 is 12.1 Å². The molecular weight excluding hydrogens is 346 g/mol. The Morgan fingerprint density at radius 3 is 2.22 bits per heavy atom. The van der Waals surface area contributed by atoms with Gasteiger partial charge in [-0.1, -0.05) is 38.1 Å². The average molecular weight is 375 g/mol. The van der Waals surface area contributed by atoms with Crippen molar-refractivity contribution in [1.82, 2.24) is 5.32 Å². The van der Waals surface area contributed by atoms with Gasteiger partial charge in [0.05, 0.1) is 12.0 Å². The predicted octanol–water partition coefficient (Wildman–Crippen LogP) is 3.08. The van der Waals surface area contributed by atoms with Crippen LogP contribution < -0.4 is 5.32 Å². The van der Waals surface area contributed by atoms with Gasteiger partial charge in [-0.25, -0.2) is 0 Å². The number of phenols is 2. The summed E-state index contributed by atoms with van der Waals surface area (Å²) in [6, 6.07) is 13.8. The standard InChI is InChI=1S/C17H21NO3.C4H8O2/c19-15-8-6-14(7-9-15)17(21)12-18-10-2-4-13-3-1-5-16(20)11-13;1-3(2)4(5)6/h1,3,5-9,11,17-21H,2,4,10,12H2;3H,1-2H3,(H,5,6)/t17-;/m0./s1. The number of carbonyl (C=O) groups is 1. The van der Waals surface area contributed by atoms with Crippen molar-refractivity contribution in [2.45, 2.75) is 32.8 Å². The number of phenolic OH excluding ortho intramolecular Hbond substituents is 2. The number of aliphatic carboxylic acids is 1. The Bertz CT molecular complexity index is 685. The summed E-state index contributed by atoms with van der Waals surface area (Å²) in [6.45, 7) is 4.56. The lowest BCUT2D eigenvalue weighted by molar-refractivity contribution is -0.140. The molecule has 0 saturated carbocycles. The molecule has 0 aliphatic carbocycles. The van der Waals surface area contributed by atoms with Gasteiger partial charge >= 0.3 is 5.97 Å². The maximum absolute atomic E-state index is 9.99. The van der Waals surface area contributed by atoms with E-state index in [0.29, 0.717) is 12.3 Å². The topological polar surface area (TPSA) is 110 Å². The van der Waals surface area contributed by atoms with Crippen LogP contribution in [-0.4, -0.2) is 39.5 Å². The maximum atomic E-state index is 9.99. The highest BCUT2D eigenvalue weighted by atomic mass is 16.4. The largest absolute Gasteiger partial charge is 0.508 e. The smallest absolute Gasteiger partial charge is 0.305 e. The molecule has 0 amide bonds. The Hall–Kier alpha value is -2.57. The molecule has 148 valence electrons. The number of rotatable bonds is 8. The van der Waals surface area contributed by atoms with E-state index in [4.69, 9.17) is 5.11 Å². The van der Waals surface area contributed by atoms with E-state index in [0.717, 1.165) is 30.5 Å². The molecule has 0 aromatic heterocycles. The summed E-state index contributed by atoms with van der Waals surface area (Å²) in [7, 11) is 0. The molecule has 2 rings (SSSR count). The highest BCUT2D eigenvalue weighted by Crippen LogP contribution is 2.16. The van der Waals surface area contributed by atoms with Crippen LogP contribution in [0.4, 0.5) is 0 Å². The Morgan fingerprint density at radius 2 is 1.67 bits per heavy atom. The molecule has 0 aliphatic heterocycles. The molecule has 27 heavy (non-hydrogen) atoms. The predicted molar refractivity (Wildman–Crippen MR) is 105 cm³/mol. The van der Waals surface area contributed by atoms with Crippen molar-refractivity contribution in [3.63, 3.8) is 0 Å². The van der Waals surface area contributed by atoms with Crippen molar-refractivity contribution in [1.29, 1.82) is 0 Å². The van der Waals surface area contributed by atoms with E-state index in [1.807, 2.05) is 12.1 Å². The highest BCUT2D eigenvalue weighted by Gasteiger charge is 2.06. The van der Waals surface area contributed by atoms with Crippen LogP contribution in [0.15, 0.2) is 48.5 Å². The Labute approximate surface area is 160 Å². The van der Waals surface area contributed by atoms with Crippen LogP contribution in [0.5, 0.6) is 11.5 Å². The van der Waals surface area contributed by atoms with Crippen LogP contribution in [0.3, 0.4) is 0 Å². The van der Waals surface area contributed by atoms with Crippen molar-refractivity contribution >= 4 is 5.97 Å². The third kappa shape index (κ3) is 9.63. The van der Waals surface area contributed by atoms with Crippen LogP contribution in [0, 0.1) is 5.92 Å². The molecular formula is C21H29NO5. The van der Waals surface area contributed by atoms with E-state index in [1.54, 1.807) is 50.2 Å². The zero-order valence-corrected chi connectivity index (χ0v) is 15.8. The van der Waals surface area contributed by atoms with Crippen LogP contribution in [0.2, 0.25) is 0 Å². The second-order valence-electron chi connectivity index (χ2n) is 6.58. The van der Waals surface area contributed by atoms with Crippen LogP contribution >= 0.6 is 0 Å². The van der Waals surface area contributed by atoms with Crippen LogP contribution in [-0.2, 0) is 11.2 Å². The molecule has 6 heteroatoms. The SMILES string of the molecule is CC(C)C(=O)O.Oc1ccc([C@@H](O)CNCCCc2cccc(O)c2)cc1. The third-order valence-corrected chi connectivity index (χ3v) is 3.84. The average Bonchev–Trinajstić information content (AvgIpc) is 2.62. The van der Waals surface area contributed by atoms with Gasteiger partial charge in [0.15, 0.2) is 0 Å². The lowest BCUT2D eigenvalue weighted by atomic mass is 10.1. The molecule has 0 unspecified atom stereocenters. The Kier molecular flexibility index (Phi) is 9.93. The van der Waals surface area contributed by atoms with Crippen molar-refractivity contribution in [3.05, 3.63) is 59.7 Å². The number of aliphatic hydroxyl groups is 1. The van der Waals surface area contributed by atoms with E-state index >= 15 is 0 Å². The van der Waals surface area contributed by atoms with Gasteiger partial charge in [0.2, 0.25) is 0 Å². The number of carboxylic acid groups (broad SMARTS) is 1. The molecule has 0 radical (unpaired) electrons. The quantitative estimate of drug-likeness (QED) is 0.454. The first-order chi connectivity index (χ1) is 12.8. The first kappa shape index (κ1) is 22.5. The fourth-order valence-electron chi connectivity index (χ4n) is 2.18. The first-order valence-electron chi connectivity index (χ1n) is 8.98. The number of hydrogen-bond donors (Lipinski definition) is 5. The molecule has 6 nitrogen and oxygen atoms in total. The summed E-state index contributed by atoms with van der Waals surface area (Å²) in [6.07, 6.45) is 1.24. The molecule has 2 aromatic rings. The Morgan fingerprint density at radius 1 is 1.04 bits per heavy atom. The zero-order chi connectivity index (χ0) is 20.2.